The van der Waals surface area contributed by atoms with Crippen LogP contribution in [0.25, 0.3) is 0 Å². The van der Waals surface area contributed by atoms with Crippen molar-refractivity contribution < 1.29 is 32.6 Å². The number of carboxylic acid groups (broad SMARTS) is 1. The van der Waals surface area contributed by atoms with E-state index in [0.29, 0.717) is 18.2 Å². The average molecular weight is 477 g/mol. The molecule has 1 atom stereocenters. The highest BCUT2D eigenvalue weighted by molar-refractivity contribution is 7.11. The monoisotopic (exact) mass is 476 g/mol. The van der Waals surface area contributed by atoms with Crippen LogP contribution in [0.5, 0.6) is 0 Å². The van der Waals surface area contributed by atoms with Gasteiger partial charge in [0.25, 0.3) is 0 Å². The van der Waals surface area contributed by atoms with Crippen LogP contribution in [0.4, 0.5) is 13.2 Å². The molecule has 180 valence electrons. The maximum absolute atomic E-state index is 12.4. The molecular weight excluding hydrogens is 445 g/mol. The van der Waals surface area contributed by atoms with E-state index in [9.17, 15) is 18.0 Å². The number of thiophene rings is 1. The molecule has 3 aliphatic rings. The number of carbonyl (C=O) groups is 2. The van der Waals surface area contributed by atoms with Crippen LogP contribution < -0.4 is 0 Å². The molecule has 1 N–H and O–H groups in total. The van der Waals surface area contributed by atoms with Crippen molar-refractivity contribution in [3.8, 4) is 0 Å². The van der Waals surface area contributed by atoms with Crippen molar-refractivity contribution in [2.45, 2.75) is 63.8 Å². The first-order valence-corrected chi connectivity index (χ1v) is 11.9. The van der Waals surface area contributed by atoms with Gasteiger partial charge in [0, 0.05) is 48.9 Å². The third kappa shape index (κ3) is 6.92. The van der Waals surface area contributed by atoms with Crippen molar-refractivity contribution in [3.63, 3.8) is 0 Å². The topological polar surface area (TPSA) is 70.1 Å². The number of likely N-dealkylation sites (tertiary alicyclic amines) is 2. The zero-order valence-corrected chi connectivity index (χ0v) is 19.1. The molecule has 3 saturated heterocycles. The number of carbonyl (C=O) groups excluding carboxylic acids is 1. The summed E-state index contributed by atoms with van der Waals surface area (Å²) in [4.78, 5) is 28.8. The fraction of sp³-hybridized carbons (Fsp3) is 0.727. The first-order valence-electron chi connectivity index (χ1n) is 11.1. The van der Waals surface area contributed by atoms with Crippen molar-refractivity contribution in [3.05, 3.63) is 21.9 Å². The lowest BCUT2D eigenvalue weighted by Gasteiger charge is -2.38. The van der Waals surface area contributed by atoms with Gasteiger partial charge in [-0.3, -0.25) is 9.69 Å². The summed E-state index contributed by atoms with van der Waals surface area (Å²) in [5.74, 6) is -1.97. The molecule has 6 nitrogen and oxygen atoms in total. The molecule has 1 unspecified atom stereocenters. The Morgan fingerprint density at radius 2 is 1.81 bits per heavy atom. The van der Waals surface area contributed by atoms with Crippen molar-refractivity contribution in [1.82, 2.24) is 9.80 Å². The van der Waals surface area contributed by atoms with E-state index >= 15 is 0 Å². The smallest absolute Gasteiger partial charge is 0.475 e. The highest BCUT2D eigenvalue weighted by Gasteiger charge is 2.43. The molecule has 3 fully saturated rings. The highest BCUT2D eigenvalue weighted by Crippen LogP contribution is 2.40. The highest BCUT2D eigenvalue weighted by atomic mass is 32.1. The predicted molar refractivity (Wildman–Crippen MR) is 114 cm³/mol. The lowest BCUT2D eigenvalue weighted by atomic mass is 9.84. The lowest BCUT2D eigenvalue weighted by molar-refractivity contribution is -0.192. The summed E-state index contributed by atoms with van der Waals surface area (Å²) >= 11 is 1.91. The van der Waals surface area contributed by atoms with Crippen LogP contribution >= 0.6 is 11.3 Å². The number of alkyl halides is 3. The van der Waals surface area contributed by atoms with E-state index in [1.54, 1.807) is 0 Å². The normalized spacial score (nSPS) is 23.2. The van der Waals surface area contributed by atoms with E-state index in [0.717, 1.165) is 58.6 Å². The van der Waals surface area contributed by atoms with Gasteiger partial charge in [-0.15, -0.1) is 11.3 Å². The minimum Gasteiger partial charge on any atom is -0.475 e. The molecular formula is C22H31F3N2O4S. The summed E-state index contributed by atoms with van der Waals surface area (Å²) in [6.45, 7) is 8.20. The Morgan fingerprint density at radius 1 is 1.19 bits per heavy atom. The van der Waals surface area contributed by atoms with Crippen LogP contribution in [0.2, 0.25) is 0 Å². The number of carboxylic acids is 1. The number of halogens is 3. The molecule has 0 bridgehead atoms. The van der Waals surface area contributed by atoms with E-state index in [1.165, 1.54) is 22.6 Å². The third-order valence-corrected chi connectivity index (χ3v) is 7.38. The summed E-state index contributed by atoms with van der Waals surface area (Å²) in [5.41, 5.74) is 0.0534. The van der Waals surface area contributed by atoms with Crippen molar-refractivity contribution in [2.24, 2.45) is 5.92 Å². The van der Waals surface area contributed by atoms with Gasteiger partial charge in [0.15, 0.2) is 0 Å². The van der Waals surface area contributed by atoms with Gasteiger partial charge in [-0.2, -0.15) is 13.2 Å². The van der Waals surface area contributed by atoms with E-state index in [4.69, 9.17) is 14.6 Å². The second-order valence-electron chi connectivity index (χ2n) is 8.95. The third-order valence-electron chi connectivity index (χ3n) is 6.39. The summed E-state index contributed by atoms with van der Waals surface area (Å²) in [6.07, 6.45) is 1.28. The predicted octanol–water partition coefficient (Wildman–Crippen LogP) is 4.07. The van der Waals surface area contributed by atoms with Crippen LogP contribution in [0, 0.1) is 12.8 Å². The van der Waals surface area contributed by atoms with Gasteiger partial charge in [-0.25, -0.2) is 4.79 Å². The van der Waals surface area contributed by atoms with Crippen molar-refractivity contribution >= 4 is 23.2 Å². The molecule has 1 aromatic rings. The number of hydrogen-bond donors (Lipinski definition) is 1. The zero-order chi connectivity index (χ0) is 23.4. The molecule has 0 radical (unpaired) electrons. The molecule has 32 heavy (non-hydrogen) atoms. The zero-order valence-electron chi connectivity index (χ0n) is 18.3. The first kappa shape index (κ1) is 25.0. The number of hydrogen-bond acceptors (Lipinski definition) is 5. The Morgan fingerprint density at radius 3 is 2.34 bits per heavy atom. The van der Waals surface area contributed by atoms with Gasteiger partial charge in [-0.05, 0) is 57.1 Å². The van der Waals surface area contributed by atoms with E-state index in [1.807, 2.05) is 11.3 Å². The Bertz CT molecular complexity index is 784. The first-order chi connectivity index (χ1) is 15.1. The van der Waals surface area contributed by atoms with Crippen LogP contribution in [0.3, 0.4) is 0 Å². The largest absolute Gasteiger partial charge is 0.490 e. The molecule has 1 amide bonds. The number of amides is 1. The van der Waals surface area contributed by atoms with Gasteiger partial charge in [0.2, 0.25) is 5.91 Å². The quantitative estimate of drug-likeness (QED) is 0.710. The SMILES string of the molecule is Cc1ccc(CN2CCC3(CC2)CC(CC(=O)N2CCCC2)CO3)s1.O=C(O)C(F)(F)F. The number of ether oxygens (including phenoxy) is 1. The molecule has 1 spiro atoms. The number of aryl methyl sites for hydroxylation is 1. The summed E-state index contributed by atoms with van der Waals surface area (Å²) < 4.78 is 38.0. The average Bonchev–Trinajstić information content (AvgIpc) is 3.46. The van der Waals surface area contributed by atoms with Crippen LogP contribution in [-0.4, -0.2) is 71.3 Å². The maximum Gasteiger partial charge on any atom is 0.490 e. The van der Waals surface area contributed by atoms with Gasteiger partial charge in [0.05, 0.1) is 12.2 Å². The molecule has 4 heterocycles. The number of aliphatic carboxylic acids is 1. The minimum atomic E-state index is -5.08. The summed E-state index contributed by atoms with van der Waals surface area (Å²) in [7, 11) is 0. The Hall–Kier alpha value is -1.65. The molecule has 3 aliphatic heterocycles. The Balaban J connectivity index is 0.000000360. The molecule has 0 aromatic carbocycles. The Kier molecular flexibility index (Phi) is 8.21. The fourth-order valence-corrected chi connectivity index (χ4v) is 5.60. The number of nitrogens with zero attached hydrogens (tertiary/aromatic N) is 2. The molecule has 1 aromatic heterocycles. The van der Waals surface area contributed by atoms with Crippen molar-refractivity contribution in [2.75, 3.05) is 32.8 Å². The Labute approximate surface area is 190 Å². The molecule has 10 heteroatoms. The van der Waals surface area contributed by atoms with Crippen LogP contribution in [-0.2, 0) is 20.9 Å². The van der Waals surface area contributed by atoms with Gasteiger partial charge < -0.3 is 14.7 Å². The van der Waals surface area contributed by atoms with Gasteiger partial charge >= 0.3 is 12.1 Å². The molecule has 0 saturated carbocycles. The van der Waals surface area contributed by atoms with E-state index in [2.05, 4.69) is 28.9 Å². The van der Waals surface area contributed by atoms with Crippen molar-refractivity contribution in [1.29, 1.82) is 0 Å². The standard InChI is InChI=1S/C20H30N2O2S.C2HF3O2/c1-16-4-5-18(25-16)14-21-10-6-20(7-11-21)13-17(15-24-20)12-19(23)22-8-2-3-9-22;3-2(4,5)1(6)7/h4-5,17H,2-3,6-15H2,1H3;(H,6,7). The van der Waals surface area contributed by atoms with E-state index in [-0.39, 0.29) is 5.60 Å². The minimum absolute atomic E-state index is 0.0534. The lowest BCUT2D eigenvalue weighted by Crippen LogP contribution is -2.43. The molecule has 4 rings (SSSR count). The second-order valence-corrected chi connectivity index (χ2v) is 10.3. The van der Waals surface area contributed by atoms with Crippen LogP contribution in [0.15, 0.2) is 12.1 Å². The summed E-state index contributed by atoms with van der Waals surface area (Å²) in [5, 5.41) is 7.12. The fourth-order valence-electron chi connectivity index (χ4n) is 4.67. The van der Waals surface area contributed by atoms with Crippen LogP contribution in [0.1, 0.15) is 48.3 Å². The maximum atomic E-state index is 12.4. The van der Waals surface area contributed by atoms with E-state index < -0.39 is 12.1 Å². The van der Waals surface area contributed by atoms with Gasteiger partial charge in [0.1, 0.15) is 0 Å². The van der Waals surface area contributed by atoms with Gasteiger partial charge in [-0.1, -0.05) is 0 Å². The second kappa shape index (κ2) is 10.5. The summed E-state index contributed by atoms with van der Waals surface area (Å²) in [6, 6.07) is 4.48. The number of piperidine rings is 1. The molecule has 0 aliphatic carbocycles. The number of rotatable bonds is 4.